The summed E-state index contributed by atoms with van der Waals surface area (Å²) in [6.07, 6.45) is 0.578. The van der Waals surface area contributed by atoms with E-state index in [0.29, 0.717) is 6.42 Å². The summed E-state index contributed by atoms with van der Waals surface area (Å²) in [4.78, 5) is 18.6. The fourth-order valence-corrected chi connectivity index (χ4v) is 2.77. The number of likely N-dealkylation sites (N-methyl/N-ethyl adjacent to an activating group) is 1. The van der Waals surface area contributed by atoms with Crippen molar-refractivity contribution in [3.63, 3.8) is 0 Å². The van der Waals surface area contributed by atoms with E-state index in [1.807, 2.05) is 26.2 Å². The molecule has 6 heteroatoms. The molecule has 1 N–H and O–H groups in total. The highest BCUT2D eigenvalue weighted by Gasteiger charge is 2.17. The molecule has 1 aromatic rings. The lowest BCUT2D eigenvalue weighted by Gasteiger charge is -2.36. The van der Waals surface area contributed by atoms with Crippen molar-refractivity contribution in [3.8, 4) is 0 Å². The van der Waals surface area contributed by atoms with Gasteiger partial charge in [-0.25, -0.2) is 0 Å². The zero-order valence-corrected chi connectivity index (χ0v) is 14.9. The van der Waals surface area contributed by atoms with Gasteiger partial charge in [0.1, 0.15) is 0 Å². The van der Waals surface area contributed by atoms with E-state index in [9.17, 15) is 4.79 Å². The predicted octanol–water partition coefficient (Wildman–Crippen LogP) is 1.53. The molecule has 1 amide bonds. The van der Waals surface area contributed by atoms with Gasteiger partial charge in [-0.1, -0.05) is 11.6 Å². The number of anilines is 1. The number of benzene rings is 1. The van der Waals surface area contributed by atoms with Gasteiger partial charge in [0.15, 0.2) is 0 Å². The third-order valence-corrected chi connectivity index (χ3v) is 4.35. The summed E-state index contributed by atoms with van der Waals surface area (Å²) in [5.41, 5.74) is 1.22. The molecule has 0 aromatic heterocycles. The van der Waals surface area contributed by atoms with Crippen LogP contribution in [0.1, 0.15) is 6.42 Å². The van der Waals surface area contributed by atoms with Gasteiger partial charge in [-0.3, -0.25) is 9.69 Å². The van der Waals surface area contributed by atoms with Crippen LogP contribution in [0.4, 0.5) is 5.69 Å². The van der Waals surface area contributed by atoms with Crippen molar-refractivity contribution in [1.82, 2.24) is 15.1 Å². The lowest BCUT2D eigenvalue weighted by Crippen LogP contribution is -2.47. The maximum Gasteiger partial charge on any atom is 0.221 e. The predicted molar refractivity (Wildman–Crippen MR) is 96.3 cm³/mol. The molecule has 2 rings (SSSR count). The average Bonchev–Trinajstić information content (AvgIpc) is 2.54. The third kappa shape index (κ3) is 6.37. The molecule has 23 heavy (non-hydrogen) atoms. The highest BCUT2D eigenvalue weighted by Crippen LogP contribution is 2.19. The van der Waals surface area contributed by atoms with Gasteiger partial charge in [-0.15, -0.1) is 0 Å². The maximum atomic E-state index is 11.8. The van der Waals surface area contributed by atoms with Gasteiger partial charge in [-0.2, -0.15) is 0 Å². The van der Waals surface area contributed by atoms with E-state index in [1.54, 1.807) is 0 Å². The summed E-state index contributed by atoms with van der Waals surface area (Å²) in [7, 11) is 4.01. The molecule has 0 aliphatic carbocycles. The second-order valence-electron chi connectivity index (χ2n) is 6.21. The number of rotatable bonds is 7. The number of piperazine rings is 1. The van der Waals surface area contributed by atoms with Crippen LogP contribution < -0.4 is 10.2 Å². The van der Waals surface area contributed by atoms with Gasteiger partial charge in [0.2, 0.25) is 5.91 Å². The molecule has 0 unspecified atom stereocenters. The number of hydrogen-bond donors (Lipinski definition) is 1. The van der Waals surface area contributed by atoms with Crippen LogP contribution in [0.2, 0.25) is 5.02 Å². The Morgan fingerprint density at radius 3 is 2.43 bits per heavy atom. The minimum atomic E-state index is 0.145. The number of carbonyl (C=O) groups excluding carboxylic acids is 1. The summed E-state index contributed by atoms with van der Waals surface area (Å²) >= 11 is 5.93. The summed E-state index contributed by atoms with van der Waals surface area (Å²) in [5, 5.41) is 3.73. The summed E-state index contributed by atoms with van der Waals surface area (Å²) in [5.74, 6) is 0.145. The van der Waals surface area contributed by atoms with Crippen LogP contribution in [0.5, 0.6) is 0 Å². The molecule has 1 aliphatic rings. The number of carbonyl (C=O) groups is 1. The van der Waals surface area contributed by atoms with Gasteiger partial charge in [0, 0.05) is 62.9 Å². The lowest BCUT2D eigenvalue weighted by molar-refractivity contribution is -0.121. The van der Waals surface area contributed by atoms with Crippen LogP contribution in [0.15, 0.2) is 24.3 Å². The molecular weight excluding hydrogens is 312 g/mol. The Morgan fingerprint density at radius 1 is 1.17 bits per heavy atom. The Kier molecular flexibility index (Phi) is 7.15. The Morgan fingerprint density at radius 2 is 1.83 bits per heavy atom. The Hall–Kier alpha value is -1.30. The van der Waals surface area contributed by atoms with Crippen molar-refractivity contribution in [2.75, 3.05) is 64.8 Å². The molecule has 1 saturated heterocycles. The molecule has 1 aliphatic heterocycles. The summed E-state index contributed by atoms with van der Waals surface area (Å²) in [6, 6.07) is 8.00. The van der Waals surface area contributed by atoms with Crippen LogP contribution >= 0.6 is 11.6 Å². The van der Waals surface area contributed by atoms with Crippen molar-refractivity contribution in [2.45, 2.75) is 6.42 Å². The van der Waals surface area contributed by atoms with Crippen LogP contribution in [-0.4, -0.2) is 75.6 Å². The fourth-order valence-electron chi connectivity index (χ4n) is 2.65. The molecule has 0 bridgehead atoms. The van der Waals surface area contributed by atoms with Crippen LogP contribution in [-0.2, 0) is 4.79 Å². The van der Waals surface area contributed by atoms with Gasteiger partial charge < -0.3 is 15.1 Å². The minimum absolute atomic E-state index is 0.145. The normalized spacial score (nSPS) is 15.9. The molecule has 1 fully saturated rings. The molecule has 0 spiro atoms. The Balaban J connectivity index is 1.64. The SMILES string of the molecule is CN(C)CCNC(=O)CCN1CCN(c2ccc(Cl)cc2)CC1. The third-order valence-electron chi connectivity index (χ3n) is 4.10. The van der Waals surface area contributed by atoms with Gasteiger partial charge in [0.25, 0.3) is 0 Å². The number of nitrogens with one attached hydrogen (secondary N) is 1. The van der Waals surface area contributed by atoms with E-state index in [0.717, 1.165) is 50.8 Å². The summed E-state index contributed by atoms with van der Waals surface area (Å²) < 4.78 is 0. The number of halogens is 1. The number of nitrogens with zero attached hydrogens (tertiary/aromatic N) is 3. The number of hydrogen-bond acceptors (Lipinski definition) is 4. The van der Waals surface area contributed by atoms with Crippen LogP contribution in [0.25, 0.3) is 0 Å². The van der Waals surface area contributed by atoms with Crippen LogP contribution in [0.3, 0.4) is 0 Å². The van der Waals surface area contributed by atoms with Gasteiger partial charge >= 0.3 is 0 Å². The zero-order chi connectivity index (χ0) is 16.7. The fraction of sp³-hybridized carbons (Fsp3) is 0.588. The Labute approximate surface area is 144 Å². The van der Waals surface area contributed by atoms with Gasteiger partial charge in [0.05, 0.1) is 0 Å². The quantitative estimate of drug-likeness (QED) is 0.818. The van der Waals surface area contributed by atoms with Crippen molar-refractivity contribution in [3.05, 3.63) is 29.3 Å². The molecule has 5 nitrogen and oxygen atoms in total. The molecule has 1 heterocycles. The van der Waals surface area contributed by atoms with E-state index in [-0.39, 0.29) is 5.91 Å². The first-order valence-corrected chi connectivity index (χ1v) is 8.56. The zero-order valence-electron chi connectivity index (χ0n) is 14.1. The molecule has 0 radical (unpaired) electrons. The van der Waals surface area contributed by atoms with Crippen molar-refractivity contribution >= 4 is 23.2 Å². The second kappa shape index (κ2) is 9.11. The number of amides is 1. The molecule has 128 valence electrons. The first-order chi connectivity index (χ1) is 11.0. The Bertz CT molecular complexity index is 484. The van der Waals surface area contributed by atoms with E-state index in [1.165, 1.54) is 5.69 Å². The summed E-state index contributed by atoms with van der Waals surface area (Å²) in [6.45, 7) is 6.40. The van der Waals surface area contributed by atoms with E-state index >= 15 is 0 Å². The van der Waals surface area contributed by atoms with Crippen molar-refractivity contribution in [1.29, 1.82) is 0 Å². The minimum Gasteiger partial charge on any atom is -0.369 e. The van der Waals surface area contributed by atoms with E-state index in [2.05, 4.69) is 32.1 Å². The largest absolute Gasteiger partial charge is 0.369 e. The maximum absolute atomic E-state index is 11.8. The monoisotopic (exact) mass is 338 g/mol. The van der Waals surface area contributed by atoms with Crippen molar-refractivity contribution in [2.24, 2.45) is 0 Å². The van der Waals surface area contributed by atoms with Crippen molar-refractivity contribution < 1.29 is 4.79 Å². The molecule has 0 saturated carbocycles. The molecule has 0 atom stereocenters. The van der Waals surface area contributed by atoms with Crippen LogP contribution in [0, 0.1) is 0 Å². The second-order valence-corrected chi connectivity index (χ2v) is 6.64. The lowest BCUT2D eigenvalue weighted by atomic mass is 10.2. The molecule has 1 aromatic carbocycles. The standard InChI is InChI=1S/C17H27ClN4O/c1-20(2)10-8-19-17(23)7-9-21-11-13-22(14-12-21)16-5-3-15(18)4-6-16/h3-6H,7-14H2,1-2H3,(H,19,23). The first kappa shape index (κ1) is 18.0. The highest BCUT2D eigenvalue weighted by molar-refractivity contribution is 6.30. The topological polar surface area (TPSA) is 38.8 Å². The van der Waals surface area contributed by atoms with E-state index in [4.69, 9.17) is 11.6 Å². The first-order valence-electron chi connectivity index (χ1n) is 8.19. The molecular formula is C17H27ClN4O. The van der Waals surface area contributed by atoms with Gasteiger partial charge in [-0.05, 0) is 38.4 Å². The van der Waals surface area contributed by atoms with E-state index < -0.39 is 0 Å². The highest BCUT2D eigenvalue weighted by atomic mass is 35.5. The smallest absolute Gasteiger partial charge is 0.221 e. The average molecular weight is 339 g/mol.